The number of hydrogen-bond donors (Lipinski definition) is 5. The molecule has 0 saturated heterocycles. The van der Waals surface area contributed by atoms with Gasteiger partial charge in [0.2, 0.25) is 11.9 Å². The molecule has 1 aliphatic rings. The minimum atomic E-state index is -0.328. The number of carbonyl (C=O) groups excluding carboxylic acids is 1. The van der Waals surface area contributed by atoms with Crippen LogP contribution < -0.4 is 27.4 Å². The Labute approximate surface area is 180 Å². The Kier molecular flexibility index (Phi) is 8.19. The number of nitrogens with two attached hydrogens (primary N) is 1. The predicted octanol–water partition coefficient (Wildman–Crippen LogP) is 0.0837. The topological polar surface area (TPSA) is 147 Å². The van der Waals surface area contributed by atoms with Crippen LogP contribution in [0.3, 0.4) is 0 Å². The Hall–Kier alpha value is -3.11. The van der Waals surface area contributed by atoms with Crippen LogP contribution in [-0.2, 0) is 29.0 Å². The van der Waals surface area contributed by atoms with E-state index >= 15 is 0 Å². The first kappa shape index (κ1) is 23.2. The number of nitrogens with one attached hydrogen (secondary N) is 4. The van der Waals surface area contributed by atoms with Crippen molar-refractivity contribution >= 4 is 30.1 Å². The average molecular weight is 436 g/mol. The lowest BCUT2D eigenvalue weighted by Gasteiger charge is -2.15. The number of hydrogen-bond acceptors (Lipinski definition) is 6. The predicted molar refractivity (Wildman–Crippen MR) is 116 cm³/mol. The summed E-state index contributed by atoms with van der Waals surface area (Å²) in [6, 6.07) is 8.31. The molecule has 1 amide bonds. The molecule has 2 aromatic rings. The first-order valence-electron chi connectivity index (χ1n) is 9.32. The van der Waals surface area contributed by atoms with E-state index in [4.69, 9.17) is 16.0 Å². The van der Waals surface area contributed by atoms with Crippen LogP contribution >= 0.6 is 12.4 Å². The van der Waals surface area contributed by atoms with Gasteiger partial charge in [-0.2, -0.15) is 0 Å². The van der Waals surface area contributed by atoms with Gasteiger partial charge in [-0.25, -0.2) is 10.5 Å². The molecule has 3 rings (SSSR count). The van der Waals surface area contributed by atoms with Crippen molar-refractivity contribution in [3.8, 4) is 0 Å². The molecule has 6 N–H and O–H groups in total. The highest BCUT2D eigenvalue weighted by molar-refractivity contribution is 5.85. The van der Waals surface area contributed by atoms with Gasteiger partial charge in [-0.3, -0.25) is 24.4 Å². The fraction of sp³-hybridized carbons (Fsp3) is 0.368. The molecule has 0 fully saturated rings. The van der Waals surface area contributed by atoms with Gasteiger partial charge in [0.15, 0.2) is 5.82 Å². The second kappa shape index (κ2) is 10.6. The quantitative estimate of drug-likeness (QED) is 0.171. The first-order chi connectivity index (χ1) is 13.9. The van der Waals surface area contributed by atoms with Crippen molar-refractivity contribution in [3.05, 3.63) is 57.6 Å². The Morgan fingerprint density at radius 1 is 1.33 bits per heavy atom. The molecule has 0 aliphatic heterocycles. The van der Waals surface area contributed by atoms with E-state index in [2.05, 4.69) is 33.2 Å². The average Bonchev–Trinajstić information content (AvgIpc) is 3.09. The first-order valence-corrected chi connectivity index (χ1v) is 9.32. The maximum Gasteiger partial charge on any atom is 0.293 e. The maximum atomic E-state index is 12.8. The Bertz CT molecular complexity index is 938. The van der Waals surface area contributed by atoms with Crippen LogP contribution in [0.4, 0.5) is 5.82 Å². The molecule has 162 valence electrons. The Balaban J connectivity index is 0.00000320. The number of aryl methyl sites for hydroxylation is 1. The normalized spacial score (nSPS) is 12.6. The van der Waals surface area contributed by atoms with Gasteiger partial charge in [0.05, 0.1) is 6.61 Å². The monoisotopic (exact) mass is 435 g/mol. The number of nitrogens with zero attached hydrogens (tertiary/aromatic N) is 2. The molecule has 11 heteroatoms. The van der Waals surface area contributed by atoms with E-state index in [1.165, 1.54) is 15.7 Å². The van der Waals surface area contributed by atoms with Crippen molar-refractivity contribution in [3.63, 3.8) is 0 Å². The number of benzene rings is 1. The van der Waals surface area contributed by atoms with Crippen LogP contribution in [-0.4, -0.2) is 40.6 Å². The fourth-order valence-electron chi connectivity index (χ4n) is 3.29. The lowest BCUT2D eigenvalue weighted by Crippen LogP contribution is -2.38. The molecule has 1 aromatic carbocycles. The van der Waals surface area contributed by atoms with Crippen molar-refractivity contribution in [2.45, 2.75) is 32.4 Å². The molecule has 0 unspecified atom stereocenters. The van der Waals surface area contributed by atoms with Gasteiger partial charge in [0.25, 0.3) is 5.56 Å². The van der Waals surface area contributed by atoms with Crippen LogP contribution in [0, 0.1) is 12.3 Å². The molecule has 0 saturated carbocycles. The van der Waals surface area contributed by atoms with E-state index < -0.39 is 0 Å². The largest absolute Gasteiger partial charge is 0.368 e. The summed E-state index contributed by atoms with van der Waals surface area (Å²) >= 11 is 0. The molecule has 0 atom stereocenters. The molecule has 0 bridgehead atoms. The minimum Gasteiger partial charge on any atom is -0.368 e. The lowest BCUT2D eigenvalue weighted by atomic mass is 10.1. The zero-order chi connectivity index (χ0) is 20.8. The lowest BCUT2D eigenvalue weighted by molar-refractivity contribution is -0.122. The number of amides is 1. The summed E-state index contributed by atoms with van der Waals surface area (Å²) in [6.45, 7) is 1.96. The summed E-state index contributed by atoms with van der Waals surface area (Å²) in [5.41, 5.74) is 10.1. The third kappa shape index (κ3) is 5.94. The van der Waals surface area contributed by atoms with E-state index in [1.54, 1.807) is 13.1 Å². The molecule has 1 aliphatic carbocycles. The molecular formula is C19H26ClN7O3. The zero-order valence-corrected chi connectivity index (χ0v) is 17.4. The van der Waals surface area contributed by atoms with Crippen molar-refractivity contribution < 1.29 is 9.63 Å². The summed E-state index contributed by atoms with van der Waals surface area (Å²) in [7, 11) is 0. The highest BCUT2D eigenvalue weighted by Gasteiger charge is 2.22. The van der Waals surface area contributed by atoms with E-state index in [-0.39, 0.29) is 61.4 Å². The Morgan fingerprint density at radius 3 is 2.63 bits per heavy atom. The van der Waals surface area contributed by atoms with E-state index in [1.807, 2.05) is 12.1 Å². The molecule has 0 spiro atoms. The zero-order valence-electron chi connectivity index (χ0n) is 16.6. The van der Waals surface area contributed by atoms with Gasteiger partial charge >= 0.3 is 0 Å². The smallest absolute Gasteiger partial charge is 0.293 e. The summed E-state index contributed by atoms with van der Waals surface area (Å²) in [5, 5.41) is 12.8. The van der Waals surface area contributed by atoms with E-state index in [0.717, 1.165) is 12.8 Å². The molecule has 0 radical (unpaired) electrons. The van der Waals surface area contributed by atoms with Gasteiger partial charge < -0.3 is 16.4 Å². The fourth-order valence-corrected chi connectivity index (χ4v) is 3.29. The number of fused-ring (bicyclic) bond motifs is 1. The molecule has 10 nitrogen and oxygen atoms in total. The van der Waals surface area contributed by atoms with Crippen molar-refractivity contribution in [1.82, 2.24) is 20.3 Å². The summed E-state index contributed by atoms with van der Waals surface area (Å²) < 4.78 is 1.39. The minimum absolute atomic E-state index is 0. The van der Waals surface area contributed by atoms with Gasteiger partial charge in [0, 0.05) is 24.5 Å². The van der Waals surface area contributed by atoms with Crippen LogP contribution in [0.25, 0.3) is 0 Å². The van der Waals surface area contributed by atoms with Gasteiger partial charge in [-0.05, 0) is 30.9 Å². The second-order valence-electron chi connectivity index (χ2n) is 6.87. The van der Waals surface area contributed by atoms with Crippen LogP contribution in [0.1, 0.15) is 16.8 Å². The number of guanidine groups is 1. The van der Waals surface area contributed by atoms with Crippen LogP contribution in [0.2, 0.25) is 0 Å². The van der Waals surface area contributed by atoms with Gasteiger partial charge in [-0.1, -0.05) is 24.3 Å². The number of rotatable bonds is 8. The highest BCUT2D eigenvalue weighted by atomic mass is 35.5. The molecule has 30 heavy (non-hydrogen) atoms. The second-order valence-corrected chi connectivity index (χ2v) is 6.87. The van der Waals surface area contributed by atoms with Gasteiger partial charge in [-0.15, -0.1) is 12.4 Å². The van der Waals surface area contributed by atoms with Crippen molar-refractivity contribution in [2.75, 3.05) is 18.5 Å². The number of carbonyl (C=O) groups is 1. The summed E-state index contributed by atoms with van der Waals surface area (Å²) in [6.07, 6.45) is 3.25. The SMILES string of the molecule is Cc1cnc(NC2Cc3ccccc3C2)c(=O)n1CC(=O)NCCONC(=N)N.Cl. The maximum absolute atomic E-state index is 12.8. The number of anilines is 1. The van der Waals surface area contributed by atoms with Gasteiger partial charge in [0.1, 0.15) is 6.54 Å². The summed E-state index contributed by atoms with van der Waals surface area (Å²) in [4.78, 5) is 34.1. The summed E-state index contributed by atoms with van der Waals surface area (Å²) in [5.74, 6) is -0.400. The van der Waals surface area contributed by atoms with E-state index in [0.29, 0.717) is 5.69 Å². The Morgan fingerprint density at radius 2 is 2.00 bits per heavy atom. The van der Waals surface area contributed by atoms with Crippen molar-refractivity contribution in [2.24, 2.45) is 5.73 Å². The third-order valence-electron chi connectivity index (χ3n) is 4.66. The molecular weight excluding hydrogens is 410 g/mol. The third-order valence-corrected chi connectivity index (χ3v) is 4.66. The van der Waals surface area contributed by atoms with Crippen LogP contribution in [0.15, 0.2) is 35.3 Å². The number of aromatic nitrogens is 2. The standard InChI is InChI=1S/C19H25N7O3.ClH/c1-12-10-23-17(24-15-8-13-4-2-3-5-14(13)9-15)18(28)26(12)11-16(27)22-6-7-29-25-19(20)21;/h2-5,10,15H,6-9,11H2,1H3,(H,22,27)(H,23,24)(H4,20,21,25);1H. The van der Waals surface area contributed by atoms with Crippen molar-refractivity contribution in [1.29, 1.82) is 5.41 Å². The van der Waals surface area contributed by atoms with E-state index in [9.17, 15) is 9.59 Å². The molecule has 1 heterocycles. The highest BCUT2D eigenvalue weighted by Crippen LogP contribution is 2.23. The molecule has 1 aromatic heterocycles. The number of hydroxylamine groups is 1. The number of halogens is 1. The van der Waals surface area contributed by atoms with Crippen LogP contribution in [0.5, 0.6) is 0 Å².